The van der Waals surface area contributed by atoms with E-state index in [4.69, 9.17) is 9.47 Å². The van der Waals surface area contributed by atoms with Crippen molar-refractivity contribution in [3.8, 4) is 0 Å². The summed E-state index contributed by atoms with van der Waals surface area (Å²) in [5, 5.41) is 11.9. The lowest BCUT2D eigenvalue weighted by molar-refractivity contribution is -0.153. The summed E-state index contributed by atoms with van der Waals surface area (Å²) < 4.78 is 9.95. The minimum atomic E-state index is -1.25. The maximum absolute atomic E-state index is 11.8. The minimum absolute atomic E-state index is 0.228. The van der Waals surface area contributed by atoms with Crippen molar-refractivity contribution in [1.29, 1.82) is 0 Å². The van der Waals surface area contributed by atoms with Crippen molar-refractivity contribution in [3.63, 3.8) is 0 Å². The average molecular weight is 368 g/mol. The van der Waals surface area contributed by atoms with E-state index < -0.39 is 24.3 Å². The fourth-order valence-electron chi connectivity index (χ4n) is 3.48. The fourth-order valence-corrected chi connectivity index (χ4v) is 3.48. The monoisotopic (exact) mass is 368 g/mol. The van der Waals surface area contributed by atoms with Crippen molar-refractivity contribution < 1.29 is 24.2 Å². The second-order valence-electron chi connectivity index (χ2n) is 6.75. The molecule has 1 aliphatic heterocycles. The van der Waals surface area contributed by atoms with Crippen LogP contribution < -0.4 is 0 Å². The maximum atomic E-state index is 11.8. The summed E-state index contributed by atoms with van der Waals surface area (Å²) >= 11 is 0. The number of aliphatic hydroxyl groups excluding tert-OH is 1. The van der Waals surface area contributed by atoms with E-state index in [0.29, 0.717) is 6.42 Å². The molecule has 0 spiro atoms. The summed E-state index contributed by atoms with van der Waals surface area (Å²) in [4.78, 5) is 23.1. The van der Waals surface area contributed by atoms with Gasteiger partial charge in [0.25, 0.3) is 0 Å². The summed E-state index contributed by atoms with van der Waals surface area (Å²) in [6, 6.07) is 14.7. The first-order valence-corrected chi connectivity index (χ1v) is 9.29. The van der Waals surface area contributed by atoms with Crippen LogP contribution in [0.4, 0.5) is 0 Å². The zero-order chi connectivity index (χ0) is 19.2. The molecular weight excluding hydrogens is 344 g/mol. The molecule has 0 amide bonds. The standard InChI is InChI=1S/C22H24O5/c1-15(23)26-20(19-14-21(24)27-22(19)25)13-4-2-3-8-16-10-7-11-17-9-5-6-12-18(16)17/h5-7,9-12,14,20-21,24H,2-4,8,13H2,1H3. The topological polar surface area (TPSA) is 72.8 Å². The van der Waals surface area contributed by atoms with Gasteiger partial charge in [-0.1, -0.05) is 48.9 Å². The smallest absolute Gasteiger partial charge is 0.340 e. The number of hydrogen-bond donors (Lipinski definition) is 1. The predicted molar refractivity (Wildman–Crippen MR) is 102 cm³/mol. The van der Waals surface area contributed by atoms with E-state index in [1.807, 2.05) is 6.07 Å². The van der Waals surface area contributed by atoms with Gasteiger partial charge in [-0.15, -0.1) is 0 Å². The molecule has 0 radical (unpaired) electrons. The lowest BCUT2D eigenvalue weighted by atomic mass is 9.98. The number of fused-ring (bicyclic) bond motifs is 1. The van der Waals surface area contributed by atoms with Crippen LogP contribution in [0.25, 0.3) is 10.8 Å². The van der Waals surface area contributed by atoms with Crippen LogP contribution in [0.2, 0.25) is 0 Å². The highest BCUT2D eigenvalue weighted by molar-refractivity contribution is 5.92. The third-order valence-electron chi connectivity index (χ3n) is 4.73. The molecule has 0 aromatic heterocycles. The first-order chi connectivity index (χ1) is 13.0. The molecule has 142 valence electrons. The summed E-state index contributed by atoms with van der Waals surface area (Å²) in [6.07, 6.45) is 3.67. The van der Waals surface area contributed by atoms with Crippen molar-refractivity contribution in [1.82, 2.24) is 0 Å². The van der Waals surface area contributed by atoms with Gasteiger partial charge in [0.2, 0.25) is 6.29 Å². The summed E-state index contributed by atoms with van der Waals surface area (Å²) in [5.74, 6) is -1.07. The largest absolute Gasteiger partial charge is 0.457 e. The fraction of sp³-hybridized carbons (Fsp3) is 0.364. The number of cyclic esters (lactones) is 1. The lowest BCUT2D eigenvalue weighted by Crippen LogP contribution is -2.22. The van der Waals surface area contributed by atoms with Crippen molar-refractivity contribution in [2.45, 2.75) is 51.4 Å². The van der Waals surface area contributed by atoms with Gasteiger partial charge in [0.05, 0.1) is 5.57 Å². The van der Waals surface area contributed by atoms with E-state index in [2.05, 4.69) is 36.4 Å². The Morgan fingerprint density at radius 3 is 2.67 bits per heavy atom. The number of hydrogen-bond acceptors (Lipinski definition) is 5. The van der Waals surface area contributed by atoms with Crippen LogP contribution in [-0.4, -0.2) is 29.4 Å². The van der Waals surface area contributed by atoms with Gasteiger partial charge in [-0.2, -0.15) is 0 Å². The Morgan fingerprint density at radius 2 is 1.93 bits per heavy atom. The first kappa shape index (κ1) is 19.1. The summed E-state index contributed by atoms with van der Waals surface area (Å²) in [7, 11) is 0. The van der Waals surface area contributed by atoms with E-state index >= 15 is 0 Å². The normalized spacial score (nSPS) is 17.5. The van der Waals surface area contributed by atoms with Crippen LogP contribution in [0.15, 0.2) is 54.1 Å². The Hall–Kier alpha value is -2.66. The molecule has 3 rings (SSSR count). The van der Waals surface area contributed by atoms with E-state index in [-0.39, 0.29) is 5.57 Å². The van der Waals surface area contributed by atoms with E-state index in [9.17, 15) is 14.7 Å². The number of carbonyl (C=O) groups excluding carboxylic acids is 2. The second kappa shape index (κ2) is 8.82. The van der Waals surface area contributed by atoms with Crippen LogP contribution in [0.1, 0.15) is 38.2 Å². The highest BCUT2D eigenvalue weighted by Crippen LogP contribution is 2.24. The third kappa shape index (κ3) is 4.95. The van der Waals surface area contributed by atoms with Gasteiger partial charge in [0.1, 0.15) is 6.10 Å². The first-order valence-electron chi connectivity index (χ1n) is 9.29. The molecule has 1 N–H and O–H groups in total. The summed E-state index contributed by atoms with van der Waals surface area (Å²) in [5.41, 5.74) is 1.56. The zero-order valence-corrected chi connectivity index (χ0v) is 15.4. The molecule has 2 aromatic carbocycles. The van der Waals surface area contributed by atoms with Crippen molar-refractivity contribution in [2.75, 3.05) is 0 Å². The lowest BCUT2D eigenvalue weighted by Gasteiger charge is -2.16. The van der Waals surface area contributed by atoms with Crippen LogP contribution in [-0.2, 0) is 25.5 Å². The van der Waals surface area contributed by atoms with E-state index in [1.165, 1.54) is 29.3 Å². The molecule has 0 saturated heterocycles. The number of benzene rings is 2. The molecule has 0 aliphatic carbocycles. The van der Waals surface area contributed by atoms with Crippen LogP contribution in [0.5, 0.6) is 0 Å². The number of rotatable bonds is 8. The molecule has 0 bridgehead atoms. The molecule has 2 atom stereocenters. The summed E-state index contributed by atoms with van der Waals surface area (Å²) in [6.45, 7) is 1.31. The number of aliphatic hydroxyl groups is 1. The zero-order valence-electron chi connectivity index (χ0n) is 15.4. The quantitative estimate of drug-likeness (QED) is 0.568. The molecule has 2 unspecified atom stereocenters. The van der Waals surface area contributed by atoms with Crippen molar-refractivity contribution in [3.05, 3.63) is 59.7 Å². The minimum Gasteiger partial charge on any atom is -0.457 e. The predicted octanol–water partition coefficient (Wildman–Crippen LogP) is 3.68. The Bertz CT molecular complexity index is 849. The highest BCUT2D eigenvalue weighted by Gasteiger charge is 2.31. The molecule has 1 heterocycles. The number of ether oxygens (including phenoxy) is 2. The number of aryl methyl sites for hydroxylation is 1. The molecular formula is C22H24O5. The van der Waals surface area contributed by atoms with Crippen molar-refractivity contribution in [2.24, 2.45) is 0 Å². The number of unbranched alkanes of at least 4 members (excludes halogenated alkanes) is 2. The molecule has 5 nitrogen and oxygen atoms in total. The molecule has 0 fully saturated rings. The SMILES string of the molecule is CC(=O)OC(CCCCCc1cccc2ccccc12)C1=CC(O)OC1=O. The molecule has 1 aliphatic rings. The second-order valence-corrected chi connectivity index (χ2v) is 6.75. The van der Waals surface area contributed by atoms with Gasteiger partial charge in [-0.25, -0.2) is 4.79 Å². The highest BCUT2D eigenvalue weighted by atomic mass is 16.6. The van der Waals surface area contributed by atoms with Gasteiger partial charge < -0.3 is 14.6 Å². The van der Waals surface area contributed by atoms with E-state index in [0.717, 1.165) is 25.7 Å². The van der Waals surface area contributed by atoms with Crippen LogP contribution in [0, 0.1) is 0 Å². The Labute approximate surface area is 158 Å². The van der Waals surface area contributed by atoms with Crippen molar-refractivity contribution >= 4 is 22.7 Å². The number of esters is 2. The van der Waals surface area contributed by atoms with Gasteiger partial charge in [0.15, 0.2) is 0 Å². The van der Waals surface area contributed by atoms with Gasteiger partial charge in [-0.05, 0) is 48.1 Å². The molecule has 27 heavy (non-hydrogen) atoms. The van der Waals surface area contributed by atoms with Gasteiger partial charge in [0, 0.05) is 6.92 Å². The Kier molecular flexibility index (Phi) is 6.24. The van der Waals surface area contributed by atoms with Gasteiger partial charge in [-0.3, -0.25) is 4.79 Å². The third-order valence-corrected chi connectivity index (χ3v) is 4.73. The van der Waals surface area contributed by atoms with Crippen LogP contribution in [0.3, 0.4) is 0 Å². The molecule has 0 saturated carbocycles. The maximum Gasteiger partial charge on any atom is 0.340 e. The van der Waals surface area contributed by atoms with E-state index in [1.54, 1.807) is 0 Å². The van der Waals surface area contributed by atoms with Gasteiger partial charge >= 0.3 is 11.9 Å². The number of carbonyl (C=O) groups is 2. The molecule has 2 aromatic rings. The Balaban J connectivity index is 1.52. The molecule has 5 heteroatoms. The Morgan fingerprint density at radius 1 is 1.15 bits per heavy atom. The van der Waals surface area contributed by atoms with Crippen LogP contribution >= 0.6 is 0 Å². The average Bonchev–Trinajstić information content (AvgIpc) is 2.98.